The lowest BCUT2D eigenvalue weighted by Crippen LogP contribution is -2.18. The van der Waals surface area contributed by atoms with Gasteiger partial charge in [-0.25, -0.2) is 10.4 Å². The van der Waals surface area contributed by atoms with E-state index < -0.39 is 5.91 Å². The third-order valence-corrected chi connectivity index (χ3v) is 5.58. The standard InChI is InChI=1S/C25H20BrN3O4/c1-32-17-8-9-21-18(12-17)19(13-22(28-21)16-6-4-3-5-7-16)25(31)29-27-14-15-10-20(26)24(30)23(11-15)33-2/h3-14,30H,1-2H3,(H,29,31)/b27-14+. The van der Waals surface area contributed by atoms with E-state index in [1.807, 2.05) is 36.4 Å². The maximum absolute atomic E-state index is 13.1. The number of hydrazone groups is 1. The molecule has 3 aromatic carbocycles. The number of carbonyl (C=O) groups is 1. The van der Waals surface area contributed by atoms with Crippen LogP contribution in [-0.2, 0) is 0 Å². The van der Waals surface area contributed by atoms with E-state index in [9.17, 15) is 9.90 Å². The Kier molecular flexibility index (Phi) is 6.55. The molecule has 0 unspecified atom stereocenters. The van der Waals surface area contributed by atoms with E-state index in [2.05, 4.69) is 26.5 Å². The van der Waals surface area contributed by atoms with Crippen LogP contribution in [0.15, 0.2) is 76.3 Å². The number of hydrogen-bond acceptors (Lipinski definition) is 6. The fraction of sp³-hybridized carbons (Fsp3) is 0.0800. The van der Waals surface area contributed by atoms with E-state index in [4.69, 9.17) is 14.5 Å². The molecule has 1 heterocycles. The first-order valence-electron chi connectivity index (χ1n) is 9.94. The number of methoxy groups -OCH3 is 2. The molecule has 0 radical (unpaired) electrons. The zero-order valence-electron chi connectivity index (χ0n) is 17.9. The molecule has 33 heavy (non-hydrogen) atoms. The average Bonchev–Trinajstić information content (AvgIpc) is 2.85. The van der Waals surface area contributed by atoms with Crippen molar-refractivity contribution in [2.75, 3.05) is 14.2 Å². The first-order chi connectivity index (χ1) is 16.0. The summed E-state index contributed by atoms with van der Waals surface area (Å²) in [6.45, 7) is 0. The first-order valence-corrected chi connectivity index (χ1v) is 10.7. The summed E-state index contributed by atoms with van der Waals surface area (Å²) in [5.74, 6) is 0.505. The number of ether oxygens (including phenoxy) is 2. The van der Waals surface area contributed by atoms with Gasteiger partial charge in [0.15, 0.2) is 11.5 Å². The molecule has 0 atom stereocenters. The fourth-order valence-corrected chi connectivity index (χ4v) is 3.79. The average molecular weight is 506 g/mol. The van der Waals surface area contributed by atoms with E-state index in [1.54, 1.807) is 37.4 Å². The molecule has 0 bridgehead atoms. The van der Waals surface area contributed by atoms with Gasteiger partial charge in [-0.1, -0.05) is 30.3 Å². The lowest BCUT2D eigenvalue weighted by Gasteiger charge is -2.10. The van der Waals surface area contributed by atoms with E-state index in [-0.39, 0.29) is 11.5 Å². The molecule has 1 aromatic heterocycles. The lowest BCUT2D eigenvalue weighted by molar-refractivity contribution is 0.0956. The van der Waals surface area contributed by atoms with Gasteiger partial charge in [-0.05, 0) is 57.9 Å². The zero-order chi connectivity index (χ0) is 23.4. The Labute approximate surface area is 198 Å². The van der Waals surface area contributed by atoms with Crippen LogP contribution in [0.4, 0.5) is 0 Å². The highest BCUT2D eigenvalue weighted by Crippen LogP contribution is 2.34. The van der Waals surface area contributed by atoms with Crippen LogP contribution in [0, 0.1) is 0 Å². The van der Waals surface area contributed by atoms with Gasteiger partial charge in [-0.2, -0.15) is 5.10 Å². The minimum atomic E-state index is -0.395. The lowest BCUT2D eigenvalue weighted by atomic mass is 10.0. The summed E-state index contributed by atoms with van der Waals surface area (Å²) >= 11 is 3.27. The van der Waals surface area contributed by atoms with Crippen molar-refractivity contribution < 1.29 is 19.4 Å². The number of halogens is 1. The van der Waals surface area contributed by atoms with Gasteiger partial charge in [0.2, 0.25) is 0 Å². The molecule has 166 valence electrons. The number of aromatic nitrogens is 1. The Hall–Kier alpha value is -3.91. The van der Waals surface area contributed by atoms with Crippen LogP contribution in [-0.4, -0.2) is 36.4 Å². The van der Waals surface area contributed by atoms with E-state index in [0.717, 1.165) is 5.56 Å². The van der Waals surface area contributed by atoms with Crippen LogP contribution in [0.25, 0.3) is 22.2 Å². The Morgan fingerprint density at radius 3 is 2.58 bits per heavy atom. The zero-order valence-corrected chi connectivity index (χ0v) is 19.5. The quantitative estimate of drug-likeness (QED) is 0.279. The molecule has 0 saturated carbocycles. The van der Waals surface area contributed by atoms with Crippen LogP contribution >= 0.6 is 15.9 Å². The maximum Gasteiger partial charge on any atom is 0.272 e. The van der Waals surface area contributed by atoms with Gasteiger partial charge in [0.25, 0.3) is 5.91 Å². The van der Waals surface area contributed by atoms with Gasteiger partial charge < -0.3 is 14.6 Å². The van der Waals surface area contributed by atoms with Crippen molar-refractivity contribution in [2.24, 2.45) is 5.10 Å². The number of nitrogens with one attached hydrogen (secondary N) is 1. The number of pyridine rings is 1. The Bertz CT molecular complexity index is 1360. The summed E-state index contributed by atoms with van der Waals surface area (Å²) in [6.07, 6.45) is 1.46. The second-order valence-electron chi connectivity index (χ2n) is 7.06. The van der Waals surface area contributed by atoms with Crippen molar-refractivity contribution >= 4 is 39.0 Å². The molecule has 7 nitrogen and oxygen atoms in total. The van der Waals surface area contributed by atoms with Crippen molar-refractivity contribution in [3.8, 4) is 28.5 Å². The molecule has 0 saturated heterocycles. The molecule has 8 heteroatoms. The van der Waals surface area contributed by atoms with Crippen molar-refractivity contribution in [3.63, 3.8) is 0 Å². The van der Waals surface area contributed by atoms with Gasteiger partial charge in [0, 0.05) is 10.9 Å². The van der Waals surface area contributed by atoms with Gasteiger partial charge in [0.05, 0.1) is 41.7 Å². The fourth-order valence-electron chi connectivity index (χ4n) is 3.33. The number of benzene rings is 3. The number of nitrogens with zero attached hydrogens (tertiary/aromatic N) is 2. The monoisotopic (exact) mass is 505 g/mol. The van der Waals surface area contributed by atoms with Crippen LogP contribution < -0.4 is 14.9 Å². The van der Waals surface area contributed by atoms with Crippen molar-refractivity contribution in [3.05, 3.63) is 82.3 Å². The SMILES string of the molecule is COc1ccc2nc(-c3ccccc3)cc(C(=O)N/N=C/c3cc(Br)c(O)c(OC)c3)c2c1. The summed E-state index contributed by atoms with van der Waals surface area (Å²) in [6, 6.07) is 20.0. The predicted octanol–water partition coefficient (Wildman–Crippen LogP) is 5.15. The molecular weight excluding hydrogens is 486 g/mol. The number of rotatable bonds is 6. The molecule has 2 N–H and O–H groups in total. The third kappa shape index (κ3) is 4.80. The third-order valence-electron chi connectivity index (χ3n) is 4.98. The summed E-state index contributed by atoms with van der Waals surface area (Å²) < 4.78 is 10.9. The maximum atomic E-state index is 13.1. The number of fused-ring (bicyclic) bond motifs is 1. The van der Waals surface area contributed by atoms with Crippen LogP contribution in [0.1, 0.15) is 15.9 Å². The normalized spacial score (nSPS) is 11.0. The highest BCUT2D eigenvalue weighted by Gasteiger charge is 2.15. The van der Waals surface area contributed by atoms with Crippen LogP contribution in [0.3, 0.4) is 0 Å². The minimum absolute atomic E-state index is 0.00988. The van der Waals surface area contributed by atoms with E-state index in [1.165, 1.54) is 13.3 Å². The second-order valence-corrected chi connectivity index (χ2v) is 7.91. The van der Waals surface area contributed by atoms with Crippen molar-refractivity contribution in [1.82, 2.24) is 10.4 Å². The molecule has 0 aliphatic rings. The summed E-state index contributed by atoms with van der Waals surface area (Å²) in [4.78, 5) is 17.8. The number of amides is 1. The highest BCUT2D eigenvalue weighted by atomic mass is 79.9. The van der Waals surface area contributed by atoms with Crippen molar-refractivity contribution in [1.29, 1.82) is 0 Å². The van der Waals surface area contributed by atoms with Gasteiger partial charge >= 0.3 is 0 Å². The summed E-state index contributed by atoms with van der Waals surface area (Å²) in [7, 11) is 3.03. The first kappa shape index (κ1) is 22.3. The molecule has 0 aliphatic carbocycles. The van der Waals surface area contributed by atoms with Gasteiger partial charge in [-0.3, -0.25) is 4.79 Å². The van der Waals surface area contributed by atoms with Gasteiger partial charge in [0.1, 0.15) is 5.75 Å². The van der Waals surface area contributed by atoms with E-state index >= 15 is 0 Å². The number of aromatic hydroxyl groups is 1. The molecular formula is C25H20BrN3O4. The number of carbonyl (C=O) groups excluding carboxylic acids is 1. The van der Waals surface area contributed by atoms with Gasteiger partial charge in [-0.15, -0.1) is 0 Å². The molecule has 4 rings (SSSR count). The highest BCUT2D eigenvalue weighted by molar-refractivity contribution is 9.10. The van der Waals surface area contributed by atoms with Crippen molar-refractivity contribution in [2.45, 2.75) is 0 Å². The summed E-state index contributed by atoms with van der Waals surface area (Å²) in [5, 5.41) is 14.7. The number of phenolic OH excluding ortho intramolecular Hbond substituents is 1. The smallest absolute Gasteiger partial charge is 0.272 e. The minimum Gasteiger partial charge on any atom is -0.503 e. The molecule has 1 amide bonds. The Morgan fingerprint density at radius 1 is 1.06 bits per heavy atom. The largest absolute Gasteiger partial charge is 0.503 e. The van der Waals surface area contributed by atoms with Crippen LogP contribution in [0.5, 0.6) is 17.2 Å². The Balaban J connectivity index is 1.69. The predicted molar refractivity (Wildman–Crippen MR) is 131 cm³/mol. The van der Waals surface area contributed by atoms with Crippen LogP contribution in [0.2, 0.25) is 0 Å². The topological polar surface area (TPSA) is 93.0 Å². The molecule has 0 fully saturated rings. The molecule has 0 aliphatic heterocycles. The van der Waals surface area contributed by atoms with E-state index in [0.29, 0.717) is 37.9 Å². The molecule has 0 spiro atoms. The number of phenols is 1. The Morgan fingerprint density at radius 2 is 1.85 bits per heavy atom. The number of hydrogen-bond donors (Lipinski definition) is 2. The second kappa shape index (κ2) is 9.70. The molecule has 4 aromatic rings. The summed E-state index contributed by atoms with van der Waals surface area (Å²) in [5.41, 5.74) is 5.85.